The fourth-order valence-corrected chi connectivity index (χ4v) is 3.86. The van der Waals surface area contributed by atoms with Crippen LogP contribution in [-0.2, 0) is 17.9 Å². The summed E-state index contributed by atoms with van der Waals surface area (Å²) in [5, 5.41) is 3.08. The van der Waals surface area contributed by atoms with Gasteiger partial charge in [-0.25, -0.2) is 9.97 Å². The van der Waals surface area contributed by atoms with Crippen LogP contribution in [0.25, 0.3) is 5.69 Å². The van der Waals surface area contributed by atoms with Crippen molar-refractivity contribution in [2.45, 2.75) is 45.8 Å². The van der Waals surface area contributed by atoms with Gasteiger partial charge in [0.15, 0.2) is 0 Å². The number of aromatic nitrogens is 4. The highest BCUT2D eigenvalue weighted by molar-refractivity contribution is 5.95. The molecular weight excluding hydrogens is 352 g/mol. The summed E-state index contributed by atoms with van der Waals surface area (Å²) in [6.45, 7) is 6.59. The third-order valence-corrected chi connectivity index (χ3v) is 5.39. The first kappa shape index (κ1) is 18.4. The van der Waals surface area contributed by atoms with Gasteiger partial charge in [-0.2, -0.15) is 0 Å². The van der Waals surface area contributed by atoms with Gasteiger partial charge in [-0.3, -0.25) is 9.69 Å². The summed E-state index contributed by atoms with van der Waals surface area (Å²) in [7, 11) is 0. The van der Waals surface area contributed by atoms with E-state index in [2.05, 4.69) is 31.7 Å². The second kappa shape index (κ2) is 7.98. The maximum atomic E-state index is 12.9. The zero-order valence-corrected chi connectivity index (χ0v) is 16.4. The fourth-order valence-electron chi connectivity index (χ4n) is 3.86. The van der Waals surface area contributed by atoms with E-state index < -0.39 is 0 Å². The van der Waals surface area contributed by atoms with Gasteiger partial charge in [0.2, 0.25) is 5.91 Å². The van der Waals surface area contributed by atoms with E-state index in [1.165, 1.54) is 0 Å². The van der Waals surface area contributed by atoms with Gasteiger partial charge < -0.3 is 14.5 Å². The molecular formula is C21H26N6O. The van der Waals surface area contributed by atoms with E-state index in [-0.39, 0.29) is 11.9 Å². The predicted octanol–water partition coefficient (Wildman–Crippen LogP) is 3.00. The Morgan fingerprint density at radius 2 is 1.96 bits per heavy atom. The first-order valence-electron chi connectivity index (χ1n) is 9.81. The lowest BCUT2D eigenvalue weighted by Gasteiger charge is -2.23. The molecule has 0 bridgehead atoms. The molecule has 0 aliphatic carbocycles. The van der Waals surface area contributed by atoms with Gasteiger partial charge in [0.1, 0.15) is 11.6 Å². The van der Waals surface area contributed by atoms with Crippen LogP contribution < -0.4 is 5.32 Å². The molecule has 1 saturated heterocycles. The Kier molecular flexibility index (Phi) is 5.25. The number of imidazole rings is 2. The van der Waals surface area contributed by atoms with Crippen LogP contribution in [0.5, 0.6) is 0 Å². The van der Waals surface area contributed by atoms with Gasteiger partial charge in [0.05, 0.1) is 12.6 Å². The van der Waals surface area contributed by atoms with Gasteiger partial charge in [-0.15, -0.1) is 0 Å². The Balaban J connectivity index is 1.42. The number of aryl methyl sites for hydroxylation is 2. The summed E-state index contributed by atoms with van der Waals surface area (Å²) in [6.07, 6.45) is 9.44. The van der Waals surface area contributed by atoms with Crippen LogP contribution >= 0.6 is 0 Å². The van der Waals surface area contributed by atoms with E-state index in [9.17, 15) is 4.79 Å². The number of nitrogens with zero attached hydrogens (tertiary/aromatic N) is 5. The van der Waals surface area contributed by atoms with Crippen molar-refractivity contribution in [3.63, 3.8) is 0 Å². The molecule has 0 radical (unpaired) electrons. The molecule has 1 aliphatic rings. The van der Waals surface area contributed by atoms with E-state index in [4.69, 9.17) is 0 Å². The van der Waals surface area contributed by atoms with E-state index in [0.717, 1.165) is 49.0 Å². The van der Waals surface area contributed by atoms with Crippen molar-refractivity contribution < 1.29 is 4.79 Å². The zero-order chi connectivity index (χ0) is 19.5. The van der Waals surface area contributed by atoms with Gasteiger partial charge in [-0.1, -0.05) is 0 Å². The normalized spacial score (nSPS) is 17.1. The molecule has 4 rings (SSSR count). The molecule has 28 heavy (non-hydrogen) atoms. The van der Waals surface area contributed by atoms with E-state index >= 15 is 0 Å². The molecule has 1 amide bonds. The molecule has 7 nitrogen and oxygen atoms in total. The van der Waals surface area contributed by atoms with Crippen LogP contribution in [-0.4, -0.2) is 42.5 Å². The predicted molar refractivity (Wildman–Crippen MR) is 108 cm³/mol. The van der Waals surface area contributed by atoms with Gasteiger partial charge in [-0.05, 0) is 57.5 Å². The summed E-state index contributed by atoms with van der Waals surface area (Å²) in [5.74, 6) is 2.00. The number of hydrogen-bond donors (Lipinski definition) is 1. The van der Waals surface area contributed by atoms with Crippen LogP contribution in [0.2, 0.25) is 0 Å². The SMILES string of the molecule is CCn1ccnc1CN1CCCC1C(=O)Nc1ccc(-n2ccnc2C)cc1. The quantitative estimate of drug-likeness (QED) is 0.716. The third kappa shape index (κ3) is 3.71. The highest BCUT2D eigenvalue weighted by Crippen LogP contribution is 2.22. The third-order valence-electron chi connectivity index (χ3n) is 5.39. The van der Waals surface area contributed by atoms with Gasteiger partial charge in [0, 0.05) is 42.7 Å². The topological polar surface area (TPSA) is 68.0 Å². The lowest BCUT2D eigenvalue weighted by molar-refractivity contribution is -0.120. The molecule has 2 aromatic heterocycles. The van der Waals surface area contributed by atoms with Crippen molar-refractivity contribution in [2.24, 2.45) is 0 Å². The highest BCUT2D eigenvalue weighted by Gasteiger charge is 2.31. The zero-order valence-electron chi connectivity index (χ0n) is 16.4. The molecule has 1 N–H and O–H groups in total. The number of nitrogens with one attached hydrogen (secondary N) is 1. The first-order chi connectivity index (χ1) is 13.7. The summed E-state index contributed by atoms with van der Waals surface area (Å²) >= 11 is 0. The van der Waals surface area contributed by atoms with Crippen LogP contribution in [0.3, 0.4) is 0 Å². The minimum absolute atomic E-state index is 0.0543. The smallest absolute Gasteiger partial charge is 0.241 e. The summed E-state index contributed by atoms with van der Waals surface area (Å²) in [4.78, 5) is 23.8. The van der Waals surface area contributed by atoms with Crippen molar-refractivity contribution in [1.82, 2.24) is 24.0 Å². The van der Waals surface area contributed by atoms with E-state index in [0.29, 0.717) is 6.54 Å². The molecule has 3 heterocycles. The van der Waals surface area contributed by atoms with Crippen LogP contribution in [0.4, 0.5) is 5.69 Å². The molecule has 0 saturated carbocycles. The van der Waals surface area contributed by atoms with Crippen LogP contribution in [0.15, 0.2) is 49.1 Å². The maximum Gasteiger partial charge on any atom is 0.241 e. The standard InChI is InChI=1S/C21H26N6O/c1-3-25-13-10-23-20(25)15-26-12-4-5-19(26)21(28)24-17-6-8-18(9-7-17)27-14-11-22-16(27)2/h6-11,13-14,19H,3-5,12,15H2,1-2H3,(H,24,28). The molecule has 1 aliphatic heterocycles. The molecule has 3 aromatic rings. The number of carbonyl (C=O) groups excluding carboxylic acids is 1. The molecule has 146 valence electrons. The molecule has 0 spiro atoms. The molecule has 1 aromatic carbocycles. The second-order valence-corrected chi connectivity index (χ2v) is 7.14. The lowest BCUT2D eigenvalue weighted by atomic mass is 10.2. The number of anilines is 1. The van der Waals surface area contributed by atoms with Crippen LogP contribution in [0.1, 0.15) is 31.4 Å². The Labute approximate surface area is 165 Å². The number of benzene rings is 1. The van der Waals surface area contributed by atoms with E-state index in [1.54, 1.807) is 6.20 Å². The maximum absolute atomic E-state index is 12.9. The number of carbonyl (C=O) groups is 1. The number of likely N-dealkylation sites (tertiary alicyclic amines) is 1. The van der Waals surface area contributed by atoms with Crippen molar-refractivity contribution in [1.29, 1.82) is 0 Å². The summed E-state index contributed by atoms with van der Waals surface area (Å²) in [6, 6.07) is 7.76. The largest absolute Gasteiger partial charge is 0.334 e. The molecule has 1 atom stereocenters. The van der Waals surface area contributed by atoms with Crippen molar-refractivity contribution >= 4 is 11.6 Å². The average Bonchev–Trinajstić information content (AvgIpc) is 3.44. The monoisotopic (exact) mass is 378 g/mol. The molecule has 1 unspecified atom stereocenters. The Morgan fingerprint density at radius 1 is 1.18 bits per heavy atom. The number of rotatable bonds is 6. The van der Waals surface area contributed by atoms with Crippen LogP contribution in [0, 0.1) is 6.92 Å². The van der Waals surface area contributed by atoms with E-state index in [1.807, 2.05) is 54.3 Å². The average molecular weight is 378 g/mol. The Morgan fingerprint density at radius 3 is 2.68 bits per heavy atom. The lowest BCUT2D eigenvalue weighted by Crippen LogP contribution is -2.39. The highest BCUT2D eigenvalue weighted by atomic mass is 16.2. The summed E-state index contributed by atoms with van der Waals surface area (Å²) < 4.78 is 4.14. The molecule has 1 fully saturated rings. The van der Waals surface area contributed by atoms with Gasteiger partial charge >= 0.3 is 0 Å². The molecule has 7 heteroatoms. The number of hydrogen-bond acceptors (Lipinski definition) is 4. The van der Waals surface area contributed by atoms with Crippen molar-refractivity contribution in [3.05, 3.63) is 60.7 Å². The Hall–Kier alpha value is -2.93. The van der Waals surface area contributed by atoms with Gasteiger partial charge in [0.25, 0.3) is 0 Å². The Bertz CT molecular complexity index is 942. The van der Waals surface area contributed by atoms with Crippen molar-refractivity contribution in [2.75, 3.05) is 11.9 Å². The summed E-state index contributed by atoms with van der Waals surface area (Å²) in [5.41, 5.74) is 1.84. The second-order valence-electron chi connectivity index (χ2n) is 7.14. The number of amides is 1. The minimum atomic E-state index is -0.113. The first-order valence-corrected chi connectivity index (χ1v) is 9.81. The van der Waals surface area contributed by atoms with Crippen molar-refractivity contribution in [3.8, 4) is 5.69 Å². The minimum Gasteiger partial charge on any atom is -0.334 e. The fraction of sp³-hybridized carbons (Fsp3) is 0.381.